The van der Waals surface area contributed by atoms with Crippen LogP contribution >= 0.6 is 0 Å². The van der Waals surface area contributed by atoms with Gasteiger partial charge in [0.2, 0.25) is 18.6 Å². The van der Waals surface area contributed by atoms with E-state index in [4.69, 9.17) is 9.47 Å². The van der Waals surface area contributed by atoms with Crippen LogP contribution in [0.25, 0.3) is 10.9 Å². The molecule has 5 rings (SSSR count). The van der Waals surface area contributed by atoms with Crippen molar-refractivity contribution in [3.05, 3.63) is 80.5 Å². The molecule has 0 spiro atoms. The third-order valence-electron chi connectivity index (χ3n) is 7.55. The molecule has 10 heteroatoms. The summed E-state index contributed by atoms with van der Waals surface area (Å²) >= 11 is 0. The predicted octanol–water partition coefficient (Wildman–Crippen LogP) is 3.39. The maximum absolute atomic E-state index is 13.4. The van der Waals surface area contributed by atoms with E-state index >= 15 is 0 Å². The molecule has 216 valence electrons. The van der Waals surface area contributed by atoms with Gasteiger partial charge in [-0.1, -0.05) is 29.8 Å². The van der Waals surface area contributed by atoms with Crippen molar-refractivity contribution in [1.82, 2.24) is 19.8 Å². The van der Waals surface area contributed by atoms with Gasteiger partial charge in [0, 0.05) is 26.1 Å². The van der Waals surface area contributed by atoms with E-state index in [1.165, 1.54) is 27.5 Å². The Morgan fingerprint density at radius 2 is 1.76 bits per heavy atom. The Hall–Kier alpha value is -4.34. The van der Waals surface area contributed by atoms with E-state index in [9.17, 15) is 19.2 Å². The molecule has 0 atom stereocenters. The summed E-state index contributed by atoms with van der Waals surface area (Å²) in [5.41, 5.74) is 1.80. The summed E-state index contributed by atoms with van der Waals surface area (Å²) in [6.45, 7) is 1.08. The number of nitrogens with one attached hydrogen (secondary N) is 2. The lowest BCUT2D eigenvalue weighted by Crippen LogP contribution is -2.42. The minimum Gasteiger partial charge on any atom is -0.454 e. The number of benzene rings is 2. The molecule has 2 N–H and O–H groups in total. The molecule has 0 radical (unpaired) electrons. The topological polar surface area (TPSA) is 121 Å². The van der Waals surface area contributed by atoms with Crippen LogP contribution in [0.3, 0.4) is 0 Å². The fourth-order valence-electron chi connectivity index (χ4n) is 5.31. The van der Waals surface area contributed by atoms with Crippen molar-refractivity contribution in [2.24, 2.45) is 0 Å². The molecule has 3 aromatic rings. The maximum Gasteiger partial charge on any atom is 0.331 e. The molecule has 2 amide bonds. The number of rotatable bonds is 12. The molecule has 1 aliphatic heterocycles. The number of aromatic nitrogens is 2. The number of fused-ring (bicyclic) bond motifs is 2. The average Bonchev–Trinajstić information content (AvgIpc) is 3.46. The summed E-state index contributed by atoms with van der Waals surface area (Å²) in [5.74, 6) is 0.971. The number of unbranched alkanes of at least 4 members (excludes halogenated alkanes) is 1. The van der Waals surface area contributed by atoms with Gasteiger partial charge in [0.05, 0.1) is 10.9 Å². The Bertz CT molecular complexity index is 1570. The zero-order chi connectivity index (χ0) is 28.6. The van der Waals surface area contributed by atoms with Crippen molar-refractivity contribution < 1.29 is 19.1 Å². The molecule has 2 heterocycles. The molecule has 0 saturated heterocycles. The maximum atomic E-state index is 13.4. The van der Waals surface area contributed by atoms with E-state index in [1.54, 1.807) is 24.3 Å². The van der Waals surface area contributed by atoms with Gasteiger partial charge in [0.1, 0.15) is 6.54 Å². The molecule has 0 unspecified atom stereocenters. The number of nitrogens with zero attached hydrogens (tertiary/aromatic N) is 2. The van der Waals surface area contributed by atoms with Gasteiger partial charge in [-0.15, -0.1) is 0 Å². The minimum absolute atomic E-state index is 0.119. The number of ether oxygens (including phenoxy) is 2. The van der Waals surface area contributed by atoms with Gasteiger partial charge in [-0.3, -0.25) is 23.5 Å². The molecule has 0 bridgehead atoms. The molecule has 2 aromatic carbocycles. The number of hydrogen-bond donors (Lipinski definition) is 2. The fraction of sp³-hybridized carbons (Fsp3) is 0.419. The summed E-state index contributed by atoms with van der Waals surface area (Å²) in [7, 11) is 0. The number of allylic oxidation sites excluding steroid dienone is 1. The Balaban J connectivity index is 1.16. The molecule has 10 nitrogen and oxygen atoms in total. The van der Waals surface area contributed by atoms with Gasteiger partial charge in [0.25, 0.3) is 5.56 Å². The van der Waals surface area contributed by atoms with Crippen LogP contribution in [0, 0.1) is 0 Å². The number of carbonyl (C=O) groups excluding carboxylic acids is 2. The van der Waals surface area contributed by atoms with E-state index < -0.39 is 11.2 Å². The monoisotopic (exact) mass is 560 g/mol. The van der Waals surface area contributed by atoms with Crippen LogP contribution in [0.5, 0.6) is 11.5 Å². The molecule has 41 heavy (non-hydrogen) atoms. The Morgan fingerprint density at radius 1 is 0.902 bits per heavy atom. The van der Waals surface area contributed by atoms with Gasteiger partial charge in [-0.2, -0.15) is 0 Å². The van der Waals surface area contributed by atoms with Crippen LogP contribution in [-0.4, -0.2) is 34.3 Å². The van der Waals surface area contributed by atoms with Crippen molar-refractivity contribution in [3.63, 3.8) is 0 Å². The normalized spacial score (nSPS) is 14.1. The van der Waals surface area contributed by atoms with Crippen LogP contribution in [0.1, 0.15) is 56.9 Å². The summed E-state index contributed by atoms with van der Waals surface area (Å²) < 4.78 is 13.2. The van der Waals surface area contributed by atoms with Crippen LogP contribution in [0.2, 0.25) is 0 Å². The SMILES string of the molecule is O=C(CCCCn1c(=O)c2ccccc2n(CC(=O)NCCC2=CCCCC2)c1=O)NCc1ccc2c(c1)OCO2. The van der Waals surface area contributed by atoms with Crippen molar-refractivity contribution in [3.8, 4) is 11.5 Å². The third-order valence-corrected chi connectivity index (χ3v) is 7.55. The molecule has 0 saturated carbocycles. The van der Waals surface area contributed by atoms with Gasteiger partial charge in [0.15, 0.2) is 11.5 Å². The van der Waals surface area contributed by atoms with Gasteiger partial charge in [-0.25, -0.2) is 4.79 Å². The van der Waals surface area contributed by atoms with Gasteiger partial charge >= 0.3 is 5.69 Å². The standard InChI is InChI=1S/C31H36N4O6/c36-28(33-19-23-13-14-26-27(18-23)41-21-40-26)12-6-7-17-34-30(38)24-10-4-5-11-25(24)35(31(34)39)20-29(37)32-16-15-22-8-2-1-3-9-22/h4-5,8,10-11,13-14,18H,1-3,6-7,9,12,15-17,19-21H2,(H,32,37)(H,33,36). The predicted molar refractivity (Wildman–Crippen MR) is 155 cm³/mol. The first-order valence-electron chi connectivity index (χ1n) is 14.3. The second kappa shape index (κ2) is 13.3. The lowest BCUT2D eigenvalue weighted by Gasteiger charge is -2.15. The molecular weight excluding hydrogens is 524 g/mol. The lowest BCUT2D eigenvalue weighted by molar-refractivity contribution is -0.122. The van der Waals surface area contributed by atoms with Crippen LogP contribution in [0.4, 0.5) is 0 Å². The highest BCUT2D eigenvalue weighted by Gasteiger charge is 2.16. The first-order valence-corrected chi connectivity index (χ1v) is 14.3. The summed E-state index contributed by atoms with van der Waals surface area (Å²) in [6.07, 6.45) is 8.88. The summed E-state index contributed by atoms with van der Waals surface area (Å²) in [5, 5.41) is 6.19. The highest BCUT2D eigenvalue weighted by Crippen LogP contribution is 2.32. The third kappa shape index (κ3) is 7.06. The molecule has 1 aromatic heterocycles. The van der Waals surface area contributed by atoms with Crippen LogP contribution in [-0.2, 0) is 29.2 Å². The number of carbonyl (C=O) groups is 2. The van der Waals surface area contributed by atoms with Crippen molar-refractivity contribution in [1.29, 1.82) is 0 Å². The molecule has 2 aliphatic rings. The van der Waals surface area contributed by atoms with E-state index in [2.05, 4.69) is 16.7 Å². The van der Waals surface area contributed by atoms with Crippen LogP contribution in [0.15, 0.2) is 63.7 Å². The molecule has 0 fully saturated rings. The second-order valence-corrected chi connectivity index (χ2v) is 10.5. The van der Waals surface area contributed by atoms with Gasteiger partial charge < -0.3 is 20.1 Å². The minimum atomic E-state index is -0.522. The highest BCUT2D eigenvalue weighted by atomic mass is 16.7. The van der Waals surface area contributed by atoms with E-state index in [-0.39, 0.29) is 38.1 Å². The summed E-state index contributed by atoms with van der Waals surface area (Å²) in [6, 6.07) is 12.4. The van der Waals surface area contributed by atoms with E-state index in [0.29, 0.717) is 48.3 Å². The first-order chi connectivity index (χ1) is 20.0. The number of amides is 2. The van der Waals surface area contributed by atoms with E-state index in [1.807, 2.05) is 18.2 Å². The average molecular weight is 561 g/mol. The highest BCUT2D eigenvalue weighted by molar-refractivity contribution is 5.81. The Labute approximate surface area is 238 Å². The zero-order valence-corrected chi connectivity index (χ0v) is 23.2. The largest absolute Gasteiger partial charge is 0.454 e. The number of para-hydroxylation sites is 1. The molecular formula is C31H36N4O6. The van der Waals surface area contributed by atoms with Gasteiger partial charge in [-0.05, 0) is 74.8 Å². The van der Waals surface area contributed by atoms with Crippen molar-refractivity contribution in [2.45, 2.75) is 71.0 Å². The fourth-order valence-corrected chi connectivity index (χ4v) is 5.31. The van der Waals surface area contributed by atoms with Crippen molar-refractivity contribution >= 4 is 22.7 Å². The summed E-state index contributed by atoms with van der Waals surface area (Å²) in [4.78, 5) is 51.7. The quantitative estimate of drug-likeness (QED) is 0.259. The zero-order valence-electron chi connectivity index (χ0n) is 23.2. The second-order valence-electron chi connectivity index (χ2n) is 10.5. The number of hydrogen-bond acceptors (Lipinski definition) is 6. The Morgan fingerprint density at radius 3 is 2.61 bits per heavy atom. The van der Waals surface area contributed by atoms with E-state index in [0.717, 1.165) is 24.8 Å². The van der Waals surface area contributed by atoms with Crippen LogP contribution < -0.4 is 31.4 Å². The van der Waals surface area contributed by atoms with Crippen molar-refractivity contribution in [2.75, 3.05) is 13.3 Å². The Kier molecular flexibility index (Phi) is 9.18. The first kappa shape index (κ1) is 28.2. The lowest BCUT2D eigenvalue weighted by atomic mass is 9.97. The smallest absolute Gasteiger partial charge is 0.331 e. The molecule has 1 aliphatic carbocycles.